The van der Waals surface area contributed by atoms with Crippen molar-refractivity contribution in [3.63, 3.8) is 0 Å². The summed E-state index contributed by atoms with van der Waals surface area (Å²) in [5.41, 5.74) is 3.02. The van der Waals surface area contributed by atoms with Gasteiger partial charge in [-0.15, -0.1) is 11.3 Å². The fourth-order valence-electron chi connectivity index (χ4n) is 3.45. The molecule has 3 aromatic rings. The number of anilines is 2. The second-order valence-electron chi connectivity index (χ2n) is 6.62. The van der Waals surface area contributed by atoms with Crippen LogP contribution in [0.2, 0.25) is 5.02 Å². The maximum absolute atomic E-state index is 13.7. The van der Waals surface area contributed by atoms with Crippen molar-refractivity contribution in [2.45, 2.75) is 19.3 Å². The third-order valence-corrected chi connectivity index (χ3v) is 6.22. The first-order valence-electron chi connectivity index (χ1n) is 8.68. The van der Waals surface area contributed by atoms with Crippen molar-refractivity contribution in [2.75, 3.05) is 10.6 Å². The van der Waals surface area contributed by atoms with E-state index in [1.54, 1.807) is 36.4 Å². The van der Waals surface area contributed by atoms with Gasteiger partial charge in [-0.3, -0.25) is 9.59 Å². The Balaban J connectivity index is 1.70. The van der Waals surface area contributed by atoms with Gasteiger partial charge in [-0.1, -0.05) is 23.7 Å². The van der Waals surface area contributed by atoms with Crippen molar-refractivity contribution >= 4 is 45.4 Å². The average Bonchev–Trinajstić information content (AvgIpc) is 2.99. The number of hydrogen-bond acceptors (Lipinski definition) is 3. The van der Waals surface area contributed by atoms with E-state index in [9.17, 15) is 14.0 Å². The van der Waals surface area contributed by atoms with Crippen LogP contribution in [0.15, 0.2) is 48.5 Å². The summed E-state index contributed by atoms with van der Waals surface area (Å²) in [4.78, 5) is 25.5. The van der Waals surface area contributed by atoms with Gasteiger partial charge in [-0.05, 0) is 60.0 Å². The first-order chi connectivity index (χ1) is 13.4. The quantitative estimate of drug-likeness (QED) is 0.588. The number of carbonyl (C=O) groups excluding carboxylic acids is 2. The third kappa shape index (κ3) is 3.53. The standard InChI is InChI=1S/C21H16ClFN2O2S/c1-11-18-16(12-3-2-4-14(23)9-12)10-17(26)25-21(18)28-19(11)20(27)24-15-7-5-13(22)6-8-15/h2-9,16H,10H2,1H3,(H,24,27)(H,25,26)/t16-/m0/s1. The molecule has 1 aliphatic heterocycles. The van der Waals surface area contributed by atoms with Crippen LogP contribution in [0.4, 0.5) is 15.1 Å². The number of fused-ring (bicyclic) bond motifs is 1. The molecule has 0 radical (unpaired) electrons. The molecule has 2 N–H and O–H groups in total. The van der Waals surface area contributed by atoms with Crippen LogP contribution in [0.5, 0.6) is 0 Å². The van der Waals surface area contributed by atoms with E-state index in [2.05, 4.69) is 10.6 Å². The van der Waals surface area contributed by atoms with Crippen molar-refractivity contribution in [1.29, 1.82) is 0 Å². The van der Waals surface area contributed by atoms with Gasteiger partial charge >= 0.3 is 0 Å². The molecule has 1 aromatic heterocycles. The van der Waals surface area contributed by atoms with Crippen LogP contribution >= 0.6 is 22.9 Å². The zero-order valence-electron chi connectivity index (χ0n) is 14.9. The normalized spacial score (nSPS) is 15.7. The lowest BCUT2D eigenvalue weighted by Crippen LogP contribution is -2.22. The molecule has 0 aliphatic carbocycles. The van der Waals surface area contributed by atoms with E-state index < -0.39 is 0 Å². The Morgan fingerprint density at radius 2 is 2.00 bits per heavy atom. The van der Waals surface area contributed by atoms with Crippen LogP contribution in [0.3, 0.4) is 0 Å². The number of benzene rings is 2. The minimum Gasteiger partial charge on any atom is -0.321 e. The Labute approximate surface area is 170 Å². The van der Waals surface area contributed by atoms with Crippen LogP contribution in [0, 0.1) is 12.7 Å². The highest BCUT2D eigenvalue weighted by molar-refractivity contribution is 7.18. The molecule has 0 saturated carbocycles. The molecular formula is C21H16ClFN2O2S. The summed E-state index contributed by atoms with van der Waals surface area (Å²) in [5.74, 6) is -1.04. The van der Waals surface area contributed by atoms with Gasteiger partial charge in [0.1, 0.15) is 5.82 Å². The molecule has 0 saturated heterocycles. The van der Waals surface area contributed by atoms with Crippen molar-refractivity contribution in [2.24, 2.45) is 0 Å². The van der Waals surface area contributed by atoms with E-state index in [0.717, 1.165) is 16.7 Å². The molecule has 28 heavy (non-hydrogen) atoms. The van der Waals surface area contributed by atoms with Crippen molar-refractivity contribution in [3.05, 3.63) is 80.9 Å². The fourth-order valence-corrected chi connectivity index (χ4v) is 4.76. The highest BCUT2D eigenvalue weighted by Gasteiger charge is 2.33. The lowest BCUT2D eigenvalue weighted by molar-refractivity contribution is -0.116. The molecular weight excluding hydrogens is 399 g/mol. The Kier molecular flexibility index (Phi) is 4.91. The van der Waals surface area contributed by atoms with Crippen molar-refractivity contribution in [1.82, 2.24) is 0 Å². The number of thiophene rings is 1. The maximum Gasteiger partial charge on any atom is 0.266 e. The highest BCUT2D eigenvalue weighted by Crippen LogP contribution is 2.45. The van der Waals surface area contributed by atoms with E-state index in [1.807, 2.05) is 6.92 Å². The Bertz CT molecular complexity index is 1080. The zero-order valence-corrected chi connectivity index (χ0v) is 16.5. The monoisotopic (exact) mass is 414 g/mol. The maximum atomic E-state index is 13.7. The smallest absolute Gasteiger partial charge is 0.266 e. The van der Waals surface area contributed by atoms with Crippen LogP contribution in [0.25, 0.3) is 0 Å². The second-order valence-corrected chi connectivity index (χ2v) is 8.08. The van der Waals surface area contributed by atoms with Gasteiger partial charge in [0.25, 0.3) is 5.91 Å². The molecule has 1 aliphatic rings. The van der Waals surface area contributed by atoms with E-state index in [0.29, 0.717) is 20.6 Å². The molecule has 0 spiro atoms. The van der Waals surface area contributed by atoms with Gasteiger partial charge in [0, 0.05) is 23.0 Å². The number of rotatable bonds is 3. The average molecular weight is 415 g/mol. The molecule has 0 fully saturated rings. The number of halogens is 2. The predicted molar refractivity (Wildman–Crippen MR) is 110 cm³/mol. The number of carbonyl (C=O) groups is 2. The summed E-state index contributed by atoms with van der Waals surface area (Å²) in [6.45, 7) is 1.86. The molecule has 4 rings (SSSR count). The number of hydrogen-bond donors (Lipinski definition) is 2. The van der Waals surface area contributed by atoms with Gasteiger partial charge < -0.3 is 10.6 Å². The van der Waals surface area contributed by atoms with E-state index in [1.165, 1.54) is 23.5 Å². The molecule has 0 unspecified atom stereocenters. The Morgan fingerprint density at radius 1 is 1.25 bits per heavy atom. The van der Waals surface area contributed by atoms with Gasteiger partial charge in [0.2, 0.25) is 5.91 Å². The predicted octanol–water partition coefficient (Wildman–Crippen LogP) is 5.58. The summed E-state index contributed by atoms with van der Waals surface area (Å²) in [5, 5.41) is 6.93. The van der Waals surface area contributed by atoms with E-state index in [4.69, 9.17) is 11.6 Å². The van der Waals surface area contributed by atoms with Gasteiger partial charge in [0.05, 0.1) is 9.88 Å². The molecule has 7 heteroatoms. The van der Waals surface area contributed by atoms with Gasteiger partial charge in [0.15, 0.2) is 0 Å². The minimum atomic E-state index is -0.349. The topological polar surface area (TPSA) is 58.2 Å². The summed E-state index contributed by atoms with van der Waals surface area (Å²) in [7, 11) is 0. The first kappa shape index (κ1) is 18.7. The zero-order chi connectivity index (χ0) is 19.8. The van der Waals surface area contributed by atoms with Crippen LogP contribution in [-0.2, 0) is 4.79 Å². The molecule has 2 aromatic carbocycles. The second kappa shape index (κ2) is 7.37. The summed E-state index contributed by atoms with van der Waals surface area (Å²) < 4.78 is 13.7. The van der Waals surface area contributed by atoms with Crippen molar-refractivity contribution < 1.29 is 14.0 Å². The molecule has 2 heterocycles. The summed E-state index contributed by atoms with van der Waals surface area (Å²) in [6.07, 6.45) is 0.215. The fraction of sp³-hybridized carbons (Fsp3) is 0.143. The highest BCUT2D eigenvalue weighted by atomic mass is 35.5. The SMILES string of the molecule is Cc1c(C(=O)Nc2ccc(Cl)cc2)sc2c1[C@H](c1cccc(F)c1)CC(=O)N2. The van der Waals surface area contributed by atoms with Crippen LogP contribution < -0.4 is 10.6 Å². The third-order valence-electron chi connectivity index (χ3n) is 4.74. The van der Waals surface area contributed by atoms with Gasteiger partial charge in [-0.25, -0.2) is 4.39 Å². The molecule has 1 atom stereocenters. The minimum absolute atomic E-state index is 0.146. The number of amides is 2. The van der Waals surface area contributed by atoms with E-state index in [-0.39, 0.29) is 30.0 Å². The first-order valence-corrected chi connectivity index (χ1v) is 9.87. The summed E-state index contributed by atoms with van der Waals surface area (Å²) >= 11 is 7.12. The Morgan fingerprint density at radius 3 is 2.71 bits per heavy atom. The molecule has 142 valence electrons. The van der Waals surface area contributed by atoms with E-state index >= 15 is 0 Å². The Hall–Kier alpha value is -2.70. The lowest BCUT2D eigenvalue weighted by Gasteiger charge is -2.24. The number of nitrogens with one attached hydrogen (secondary N) is 2. The lowest BCUT2D eigenvalue weighted by atomic mass is 9.85. The van der Waals surface area contributed by atoms with Crippen molar-refractivity contribution in [3.8, 4) is 0 Å². The molecule has 2 amide bonds. The molecule has 4 nitrogen and oxygen atoms in total. The molecule has 0 bridgehead atoms. The van der Waals surface area contributed by atoms with Gasteiger partial charge in [-0.2, -0.15) is 0 Å². The largest absolute Gasteiger partial charge is 0.321 e. The summed E-state index contributed by atoms with van der Waals surface area (Å²) in [6, 6.07) is 13.1. The van der Waals surface area contributed by atoms with Crippen LogP contribution in [-0.4, -0.2) is 11.8 Å². The van der Waals surface area contributed by atoms with Crippen LogP contribution in [0.1, 0.15) is 38.7 Å².